The lowest BCUT2D eigenvalue weighted by atomic mass is 10.1. The van der Waals surface area contributed by atoms with E-state index in [0.29, 0.717) is 22.3 Å². The van der Waals surface area contributed by atoms with Gasteiger partial charge in [-0.3, -0.25) is 9.59 Å². The standard InChI is InChI=1S/C17H17N3O4S2/c1-2-24-16(23)12-8-26-17(18-12)19-14(21)13-9-25-10-20(13)15(22)11-6-4-3-5-7-11/h3-8,13H,2,9-10H2,1H3,(H,18,19,21)/t13-/m0/s1. The van der Waals surface area contributed by atoms with E-state index < -0.39 is 12.0 Å². The Bertz CT molecular complexity index is 809. The Labute approximate surface area is 158 Å². The molecular formula is C17H17N3O4S2. The number of benzene rings is 1. The number of nitrogens with one attached hydrogen (secondary N) is 1. The molecule has 7 nitrogen and oxygen atoms in total. The van der Waals surface area contributed by atoms with Crippen LogP contribution in [0.3, 0.4) is 0 Å². The molecule has 1 fully saturated rings. The number of carbonyl (C=O) groups excluding carboxylic acids is 3. The van der Waals surface area contributed by atoms with Gasteiger partial charge in [-0.05, 0) is 19.1 Å². The van der Waals surface area contributed by atoms with E-state index in [1.807, 2.05) is 6.07 Å². The number of aromatic nitrogens is 1. The third-order valence-corrected chi connectivity index (χ3v) is 5.46. The molecule has 2 heterocycles. The highest BCUT2D eigenvalue weighted by molar-refractivity contribution is 7.99. The number of esters is 1. The second kappa shape index (κ2) is 8.33. The molecule has 1 aromatic carbocycles. The number of hydrogen-bond donors (Lipinski definition) is 1. The van der Waals surface area contributed by atoms with E-state index in [4.69, 9.17) is 4.74 Å². The normalized spacial score (nSPS) is 16.3. The Kier molecular flexibility index (Phi) is 5.89. The summed E-state index contributed by atoms with van der Waals surface area (Å²) in [6.07, 6.45) is 0. The van der Waals surface area contributed by atoms with Crippen molar-refractivity contribution in [3.63, 3.8) is 0 Å². The van der Waals surface area contributed by atoms with Crippen LogP contribution in [0.4, 0.5) is 5.13 Å². The molecule has 1 aromatic heterocycles. The maximum atomic E-state index is 12.6. The van der Waals surface area contributed by atoms with Gasteiger partial charge in [-0.15, -0.1) is 23.1 Å². The van der Waals surface area contributed by atoms with E-state index in [-0.39, 0.29) is 24.1 Å². The highest BCUT2D eigenvalue weighted by Crippen LogP contribution is 2.25. The lowest BCUT2D eigenvalue weighted by molar-refractivity contribution is -0.119. The summed E-state index contributed by atoms with van der Waals surface area (Å²) in [5.74, 6) is -0.0501. The number of ether oxygens (including phenoxy) is 1. The van der Waals surface area contributed by atoms with Crippen LogP contribution >= 0.6 is 23.1 Å². The first kappa shape index (κ1) is 18.4. The largest absolute Gasteiger partial charge is 0.461 e. The summed E-state index contributed by atoms with van der Waals surface area (Å²) >= 11 is 2.66. The molecule has 136 valence electrons. The van der Waals surface area contributed by atoms with Crippen LogP contribution in [-0.4, -0.2) is 51.9 Å². The molecule has 26 heavy (non-hydrogen) atoms. The SMILES string of the molecule is CCOC(=O)c1csc(NC(=O)[C@@H]2CSCN2C(=O)c2ccccc2)n1. The Morgan fingerprint density at radius 2 is 2.08 bits per heavy atom. The van der Waals surface area contributed by atoms with Crippen LogP contribution in [0.25, 0.3) is 0 Å². The average Bonchev–Trinajstić information content (AvgIpc) is 3.31. The quantitative estimate of drug-likeness (QED) is 0.788. The van der Waals surface area contributed by atoms with Crippen molar-refractivity contribution in [1.82, 2.24) is 9.88 Å². The number of anilines is 1. The zero-order valence-corrected chi connectivity index (χ0v) is 15.6. The van der Waals surface area contributed by atoms with Crippen molar-refractivity contribution >= 4 is 46.0 Å². The summed E-state index contributed by atoms with van der Waals surface area (Å²) in [4.78, 5) is 42.5. The van der Waals surface area contributed by atoms with Gasteiger partial charge in [0.15, 0.2) is 10.8 Å². The van der Waals surface area contributed by atoms with E-state index >= 15 is 0 Å². The fourth-order valence-electron chi connectivity index (χ4n) is 2.43. The molecule has 1 saturated heterocycles. The van der Waals surface area contributed by atoms with Gasteiger partial charge in [-0.2, -0.15) is 0 Å². The summed E-state index contributed by atoms with van der Waals surface area (Å²) in [6, 6.07) is 8.29. The topological polar surface area (TPSA) is 88.6 Å². The number of thioether (sulfide) groups is 1. The molecule has 0 bridgehead atoms. The highest BCUT2D eigenvalue weighted by Gasteiger charge is 2.35. The predicted molar refractivity (Wildman–Crippen MR) is 100 cm³/mol. The van der Waals surface area contributed by atoms with Crippen molar-refractivity contribution in [2.45, 2.75) is 13.0 Å². The molecule has 1 aliphatic rings. The first-order valence-corrected chi connectivity index (χ1v) is 10.0. The van der Waals surface area contributed by atoms with Crippen LogP contribution in [0.2, 0.25) is 0 Å². The van der Waals surface area contributed by atoms with Gasteiger partial charge in [0.2, 0.25) is 5.91 Å². The lowest BCUT2D eigenvalue weighted by Crippen LogP contribution is -2.44. The first-order chi connectivity index (χ1) is 12.6. The predicted octanol–water partition coefficient (Wildman–Crippen LogP) is 2.47. The van der Waals surface area contributed by atoms with Gasteiger partial charge >= 0.3 is 5.97 Å². The maximum Gasteiger partial charge on any atom is 0.357 e. The monoisotopic (exact) mass is 391 g/mol. The number of hydrogen-bond acceptors (Lipinski definition) is 7. The third kappa shape index (κ3) is 4.05. The van der Waals surface area contributed by atoms with Gasteiger partial charge in [-0.25, -0.2) is 9.78 Å². The fourth-order valence-corrected chi connectivity index (χ4v) is 4.26. The molecule has 0 saturated carbocycles. The van der Waals surface area contributed by atoms with Crippen molar-refractivity contribution in [3.8, 4) is 0 Å². The summed E-state index contributed by atoms with van der Waals surface area (Å²) in [6.45, 7) is 1.97. The van der Waals surface area contributed by atoms with Gasteiger partial charge in [0, 0.05) is 16.7 Å². The van der Waals surface area contributed by atoms with E-state index in [0.717, 1.165) is 11.3 Å². The molecule has 0 unspecified atom stereocenters. The minimum Gasteiger partial charge on any atom is -0.461 e. The molecule has 0 aliphatic carbocycles. The smallest absolute Gasteiger partial charge is 0.357 e. The van der Waals surface area contributed by atoms with Gasteiger partial charge in [-0.1, -0.05) is 18.2 Å². The van der Waals surface area contributed by atoms with Gasteiger partial charge < -0.3 is 15.0 Å². The van der Waals surface area contributed by atoms with Crippen LogP contribution in [0.15, 0.2) is 35.7 Å². The minimum absolute atomic E-state index is 0.158. The zero-order valence-electron chi connectivity index (χ0n) is 14.0. The van der Waals surface area contributed by atoms with Crippen LogP contribution in [0, 0.1) is 0 Å². The third-order valence-electron chi connectivity index (χ3n) is 3.69. The second-order valence-electron chi connectivity index (χ2n) is 5.40. The number of nitrogens with zero attached hydrogens (tertiary/aromatic N) is 2. The zero-order chi connectivity index (χ0) is 18.5. The molecule has 2 aromatic rings. The van der Waals surface area contributed by atoms with Crippen LogP contribution in [0.5, 0.6) is 0 Å². The summed E-state index contributed by atoms with van der Waals surface area (Å²) in [7, 11) is 0. The van der Waals surface area contributed by atoms with E-state index in [1.54, 1.807) is 36.1 Å². The lowest BCUT2D eigenvalue weighted by Gasteiger charge is -2.22. The molecule has 0 radical (unpaired) electrons. The van der Waals surface area contributed by atoms with Gasteiger partial charge in [0.05, 0.1) is 12.5 Å². The number of rotatable bonds is 5. The summed E-state index contributed by atoms with van der Waals surface area (Å²) < 4.78 is 4.88. The second-order valence-corrected chi connectivity index (χ2v) is 7.26. The molecule has 1 N–H and O–H groups in total. The molecule has 3 rings (SSSR count). The first-order valence-electron chi connectivity index (χ1n) is 7.97. The molecule has 2 amide bonds. The Hall–Kier alpha value is -2.39. The van der Waals surface area contributed by atoms with Crippen molar-refractivity contribution in [3.05, 3.63) is 47.0 Å². The Morgan fingerprint density at radius 3 is 2.81 bits per heavy atom. The Morgan fingerprint density at radius 1 is 1.31 bits per heavy atom. The minimum atomic E-state index is -0.581. The van der Waals surface area contributed by atoms with Gasteiger partial charge in [0.1, 0.15) is 6.04 Å². The van der Waals surface area contributed by atoms with E-state index in [1.165, 1.54) is 17.1 Å². The summed E-state index contributed by atoms with van der Waals surface area (Å²) in [5.41, 5.74) is 0.705. The van der Waals surface area contributed by atoms with E-state index in [9.17, 15) is 14.4 Å². The maximum absolute atomic E-state index is 12.6. The Balaban J connectivity index is 1.67. The van der Waals surface area contributed by atoms with Crippen molar-refractivity contribution < 1.29 is 19.1 Å². The van der Waals surface area contributed by atoms with Gasteiger partial charge in [0.25, 0.3) is 5.91 Å². The molecule has 9 heteroatoms. The van der Waals surface area contributed by atoms with Crippen molar-refractivity contribution in [1.29, 1.82) is 0 Å². The molecule has 0 spiro atoms. The molecule has 1 aliphatic heterocycles. The number of thiazole rings is 1. The van der Waals surface area contributed by atoms with Crippen LogP contribution in [-0.2, 0) is 9.53 Å². The van der Waals surface area contributed by atoms with E-state index in [2.05, 4.69) is 10.3 Å². The highest BCUT2D eigenvalue weighted by atomic mass is 32.2. The van der Waals surface area contributed by atoms with Crippen LogP contribution in [0.1, 0.15) is 27.8 Å². The number of carbonyl (C=O) groups is 3. The number of amides is 2. The fraction of sp³-hybridized carbons (Fsp3) is 0.294. The average molecular weight is 391 g/mol. The molecule has 1 atom stereocenters. The van der Waals surface area contributed by atoms with Crippen molar-refractivity contribution in [2.75, 3.05) is 23.6 Å². The summed E-state index contributed by atoms with van der Waals surface area (Å²) in [5, 5.41) is 4.53. The van der Waals surface area contributed by atoms with Crippen LogP contribution < -0.4 is 5.32 Å². The molecular weight excluding hydrogens is 374 g/mol. The van der Waals surface area contributed by atoms with Crippen molar-refractivity contribution in [2.24, 2.45) is 0 Å².